The lowest BCUT2D eigenvalue weighted by Crippen LogP contribution is -2.59. The zero-order valence-electron chi connectivity index (χ0n) is 18.1. The Morgan fingerprint density at radius 1 is 1.14 bits per heavy atom. The molecule has 4 aliphatic carbocycles. The Balaban J connectivity index is 1.54. The van der Waals surface area contributed by atoms with Crippen molar-refractivity contribution in [3.05, 3.63) is 11.6 Å². The number of ether oxygens (including phenoxy) is 2. The summed E-state index contributed by atoms with van der Waals surface area (Å²) in [4.78, 5) is 13.0. The van der Waals surface area contributed by atoms with Crippen molar-refractivity contribution in [2.24, 2.45) is 28.6 Å². The van der Waals surface area contributed by atoms with Gasteiger partial charge in [-0.3, -0.25) is 4.79 Å². The molecule has 0 bridgehead atoms. The summed E-state index contributed by atoms with van der Waals surface area (Å²) in [6.07, 6.45) is 9.19. The average molecular weight is 389 g/mol. The number of hydrogen-bond donors (Lipinski definition) is 1. The highest BCUT2D eigenvalue weighted by atomic mass is 16.8. The lowest BCUT2D eigenvalue weighted by atomic mass is 9.46. The van der Waals surface area contributed by atoms with Gasteiger partial charge in [-0.1, -0.05) is 25.5 Å². The number of ketones is 1. The van der Waals surface area contributed by atoms with Gasteiger partial charge in [-0.2, -0.15) is 0 Å². The van der Waals surface area contributed by atoms with Crippen molar-refractivity contribution in [1.29, 1.82) is 0 Å². The second-order valence-electron chi connectivity index (χ2n) is 11.2. The van der Waals surface area contributed by atoms with Gasteiger partial charge in [-0.05, 0) is 88.9 Å². The number of carbonyl (C=O) groups excluding carboxylic acids is 1. The van der Waals surface area contributed by atoms with Gasteiger partial charge in [0.1, 0.15) is 0 Å². The average Bonchev–Trinajstić information content (AvgIpc) is 3.02. The molecule has 0 aromatic heterocycles. The van der Waals surface area contributed by atoms with E-state index >= 15 is 0 Å². The van der Waals surface area contributed by atoms with Gasteiger partial charge in [0.15, 0.2) is 17.2 Å². The maximum absolute atomic E-state index is 13.0. The number of aliphatic hydroxyl groups excluding tert-OH is 1. The first kappa shape index (κ1) is 19.3. The smallest absolute Gasteiger partial charge is 0.164 e. The van der Waals surface area contributed by atoms with E-state index in [0.717, 1.165) is 44.9 Å². The minimum Gasteiger partial charge on any atom is -0.393 e. The summed E-state index contributed by atoms with van der Waals surface area (Å²) in [6.45, 7) is 10.4. The number of hydrogen-bond acceptors (Lipinski definition) is 4. The summed E-state index contributed by atoms with van der Waals surface area (Å²) in [5, 5.41) is 10.2. The Bertz CT molecular complexity index is 741. The second kappa shape index (κ2) is 5.70. The van der Waals surface area contributed by atoms with E-state index in [1.807, 2.05) is 13.8 Å². The number of Topliss-reactive ketones (excluding diaryl/α,β-unsaturated/α-hetero) is 1. The van der Waals surface area contributed by atoms with Crippen LogP contribution >= 0.6 is 0 Å². The van der Waals surface area contributed by atoms with E-state index in [9.17, 15) is 9.90 Å². The molecule has 5 rings (SSSR count). The van der Waals surface area contributed by atoms with E-state index in [1.54, 1.807) is 6.92 Å². The Hall–Kier alpha value is -0.710. The minimum atomic E-state index is -0.792. The molecular weight excluding hydrogens is 352 g/mol. The number of rotatable bonds is 1. The second-order valence-corrected chi connectivity index (χ2v) is 11.2. The van der Waals surface area contributed by atoms with E-state index in [0.29, 0.717) is 17.8 Å². The van der Waals surface area contributed by atoms with Gasteiger partial charge in [0, 0.05) is 5.41 Å². The molecule has 28 heavy (non-hydrogen) atoms. The molecule has 1 N–H and O–H groups in total. The van der Waals surface area contributed by atoms with Crippen LogP contribution in [-0.4, -0.2) is 34.5 Å². The highest BCUT2D eigenvalue weighted by Crippen LogP contribution is 2.70. The molecule has 1 heterocycles. The van der Waals surface area contributed by atoms with Gasteiger partial charge >= 0.3 is 0 Å². The fraction of sp³-hybridized carbons (Fsp3) is 0.875. The maximum atomic E-state index is 13.0. The first-order chi connectivity index (χ1) is 13.0. The molecule has 0 radical (unpaired) electrons. The van der Waals surface area contributed by atoms with Gasteiger partial charge in [0.2, 0.25) is 0 Å². The van der Waals surface area contributed by atoms with Crippen molar-refractivity contribution in [3.8, 4) is 0 Å². The third kappa shape index (κ3) is 2.20. The van der Waals surface area contributed by atoms with Crippen molar-refractivity contribution in [1.82, 2.24) is 0 Å². The zero-order valence-corrected chi connectivity index (χ0v) is 18.1. The van der Waals surface area contributed by atoms with Crippen LogP contribution in [0.5, 0.6) is 0 Å². The molecule has 0 aromatic carbocycles. The summed E-state index contributed by atoms with van der Waals surface area (Å²) in [5.74, 6) is 1.14. The fourth-order valence-electron chi connectivity index (χ4n) is 8.39. The zero-order chi connectivity index (χ0) is 20.1. The minimum absolute atomic E-state index is 0.125. The van der Waals surface area contributed by atoms with Crippen molar-refractivity contribution >= 4 is 5.78 Å². The summed E-state index contributed by atoms with van der Waals surface area (Å²) in [6, 6.07) is 0. The highest BCUT2D eigenvalue weighted by molar-refractivity contribution is 5.88. The van der Waals surface area contributed by atoms with Crippen LogP contribution in [0.2, 0.25) is 0 Å². The van der Waals surface area contributed by atoms with Gasteiger partial charge in [-0.25, -0.2) is 0 Å². The first-order valence-electron chi connectivity index (χ1n) is 11.3. The topological polar surface area (TPSA) is 55.8 Å². The Labute approximate surface area is 169 Å². The van der Waals surface area contributed by atoms with Gasteiger partial charge in [0.25, 0.3) is 0 Å². The van der Waals surface area contributed by atoms with Crippen LogP contribution in [-0.2, 0) is 14.3 Å². The molecule has 4 nitrogen and oxygen atoms in total. The standard InChI is InChI=1S/C24H36O4/c1-14(25)24-20(27-21(2,3)28-24)13-19-17-7-6-15-12-16(26)8-10-22(15,4)18(17)9-11-23(19,24)5/h6,16-20,26H,7-13H2,1-5H3/t16-,17+,18+,19+,20+,22-,23-,24+/m0/s1. The maximum Gasteiger partial charge on any atom is 0.164 e. The van der Waals surface area contributed by atoms with Crippen LogP contribution in [0.15, 0.2) is 11.6 Å². The van der Waals surface area contributed by atoms with Crippen LogP contribution in [0.25, 0.3) is 0 Å². The molecule has 1 saturated heterocycles. The number of fused-ring (bicyclic) bond motifs is 7. The van der Waals surface area contributed by atoms with Crippen molar-refractivity contribution in [2.45, 2.75) is 103 Å². The summed E-state index contributed by atoms with van der Waals surface area (Å²) >= 11 is 0. The first-order valence-corrected chi connectivity index (χ1v) is 11.3. The molecule has 0 unspecified atom stereocenters. The molecule has 0 amide bonds. The van der Waals surface area contributed by atoms with Gasteiger partial charge < -0.3 is 14.6 Å². The van der Waals surface area contributed by atoms with Crippen LogP contribution < -0.4 is 0 Å². The normalized spacial score (nSPS) is 54.2. The van der Waals surface area contributed by atoms with Crippen LogP contribution in [0.3, 0.4) is 0 Å². The number of carbonyl (C=O) groups is 1. The monoisotopic (exact) mass is 388 g/mol. The molecular formula is C24H36O4. The fourth-order valence-corrected chi connectivity index (χ4v) is 8.39. The molecule has 4 heteroatoms. The third-order valence-corrected chi connectivity index (χ3v) is 9.59. The van der Waals surface area contributed by atoms with E-state index in [1.165, 1.54) is 5.57 Å². The van der Waals surface area contributed by atoms with Crippen LogP contribution in [0.4, 0.5) is 0 Å². The lowest BCUT2D eigenvalue weighted by molar-refractivity contribution is -0.213. The summed E-state index contributed by atoms with van der Waals surface area (Å²) < 4.78 is 12.8. The molecule has 3 saturated carbocycles. The van der Waals surface area contributed by atoms with E-state index in [4.69, 9.17) is 9.47 Å². The predicted octanol–water partition coefficient (Wildman–Crippen LogP) is 4.40. The van der Waals surface area contributed by atoms with E-state index in [-0.39, 0.29) is 28.8 Å². The molecule has 0 aromatic rings. The van der Waals surface area contributed by atoms with Crippen molar-refractivity contribution < 1.29 is 19.4 Å². The lowest BCUT2D eigenvalue weighted by Gasteiger charge is -2.59. The van der Waals surface area contributed by atoms with Gasteiger partial charge in [0.05, 0.1) is 12.2 Å². The molecule has 5 aliphatic rings. The quantitative estimate of drug-likeness (QED) is 0.677. The molecule has 156 valence electrons. The number of allylic oxidation sites excluding steroid dienone is 1. The molecule has 0 spiro atoms. The largest absolute Gasteiger partial charge is 0.393 e. The molecule has 1 aliphatic heterocycles. The Morgan fingerprint density at radius 3 is 2.61 bits per heavy atom. The van der Waals surface area contributed by atoms with Crippen molar-refractivity contribution in [2.75, 3.05) is 0 Å². The van der Waals surface area contributed by atoms with Crippen LogP contribution in [0.1, 0.15) is 79.6 Å². The highest BCUT2D eigenvalue weighted by Gasteiger charge is 2.74. The third-order valence-electron chi connectivity index (χ3n) is 9.59. The van der Waals surface area contributed by atoms with E-state index < -0.39 is 11.4 Å². The molecule has 8 atom stereocenters. The predicted molar refractivity (Wildman–Crippen MR) is 107 cm³/mol. The molecule has 4 fully saturated rings. The summed E-state index contributed by atoms with van der Waals surface area (Å²) in [5.41, 5.74) is 0.754. The SMILES string of the molecule is CC(=O)[C@@]12OC(C)(C)O[C@@H]1C[C@@H]1[C@@H]3CC=C4C[C@@H](O)CC[C@]4(C)[C@@H]3CC[C@@]12C. The Morgan fingerprint density at radius 2 is 1.89 bits per heavy atom. The Kier molecular flexibility index (Phi) is 3.93. The number of aliphatic hydroxyl groups is 1. The van der Waals surface area contributed by atoms with Crippen molar-refractivity contribution in [3.63, 3.8) is 0 Å². The van der Waals surface area contributed by atoms with Crippen LogP contribution in [0, 0.1) is 28.6 Å². The van der Waals surface area contributed by atoms with Gasteiger partial charge in [-0.15, -0.1) is 0 Å². The van der Waals surface area contributed by atoms with E-state index in [2.05, 4.69) is 19.9 Å². The summed E-state index contributed by atoms with van der Waals surface area (Å²) in [7, 11) is 0.